The summed E-state index contributed by atoms with van der Waals surface area (Å²) in [6.45, 7) is 3.61. The fourth-order valence-electron chi connectivity index (χ4n) is 3.81. The van der Waals surface area contributed by atoms with E-state index in [1.54, 1.807) is 57.7 Å². The molecule has 4 rings (SSSR count). The molecule has 0 aliphatic rings. The second-order valence-electron chi connectivity index (χ2n) is 8.47. The Hall–Kier alpha value is -4.73. The second kappa shape index (κ2) is 11.1. The Bertz CT molecular complexity index is 1540. The van der Waals surface area contributed by atoms with Gasteiger partial charge in [0.25, 0.3) is 0 Å². The molecule has 0 fully saturated rings. The highest BCUT2D eigenvalue weighted by Crippen LogP contribution is 2.38. The number of hydrogen-bond acceptors (Lipinski definition) is 6. The number of carbonyl (C=O) groups is 2. The number of hydrogen-bond donors (Lipinski definition) is 2. The van der Waals surface area contributed by atoms with Crippen molar-refractivity contribution in [3.8, 4) is 23.0 Å². The number of aromatic nitrogens is 1. The quantitative estimate of drug-likeness (QED) is 0.280. The zero-order valence-electron chi connectivity index (χ0n) is 21.1. The maximum absolute atomic E-state index is 13.8. The van der Waals surface area contributed by atoms with Crippen LogP contribution in [0.4, 0.5) is 20.2 Å². The zero-order chi connectivity index (χ0) is 27.4. The third-order valence-corrected chi connectivity index (χ3v) is 5.75. The molecule has 3 aromatic carbocycles. The predicted molar refractivity (Wildman–Crippen MR) is 139 cm³/mol. The molecule has 8 nitrogen and oxygen atoms in total. The molecule has 1 heterocycles. The van der Waals surface area contributed by atoms with Gasteiger partial charge >= 0.3 is 0 Å². The highest BCUT2D eigenvalue weighted by molar-refractivity contribution is 6.08. The first-order chi connectivity index (χ1) is 18.2. The Morgan fingerprint density at radius 2 is 1.47 bits per heavy atom. The number of rotatable bonds is 8. The zero-order valence-corrected chi connectivity index (χ0v) is 21.1. The number of amides is 2. The molecule has 10 heteroatoms. The number of ether oxygens (including phenoxy) is 3. The maximum atomic E-state index is 13.8. The van der Waals surface area contributed by atoms with Crippen LogP contribution in [0.2, 0.25) is 0 Å². The lowest BCUT2D eigenvalue weighted by molar-refractivity contribution is -0.123. The Morgan fingerprint density at radius 3 is 2.16 bits per heavy atom. The number of pyridine rings is 1. The summed E-state index contributed by atoms with van der Waals surface area (Å²) in [5.74, 6) is -0.828. The fourth-order valence-corrected chi connectivity index (χ4v) is 3.81. The number of aryl methyl sites for hydroxylation is 2. The maximum Gasteiger partial charge on any atom is 0.233 e. The number of benzene rings is 3. The largest absolute Gasteiger partial charge is 0.493 e. The number of halogens is 2. The van der Waals surface area contributed by atoms with Gasteiger partial charge in [0.05, 0.1) is 25.4 Å². The van der Waals surface area contributed by atoms with Crippen molar-refractivity contribution in [2.45, 2.75) is 20.3 Å². The van der Waals surface area contributed by atoms with Crippen molar-refractivity contribution in [1.29, 1.82) is 0 Å². The minimum atomic E-state index is -0.930. The molecule has 2 amide bonds. The summed E-state index contributed by atoms with van der Waals surface area (Å²) in [5.41, 5.74) is 2.37. The summed E-state index contributed by atoms with van der Waals surface area (Å²) in [6.07, 6.45) is 1.07. The van der Waals surface area contributed by atoms with Crippen molar-refractivity contribution in [2.75, 3.05) is 24.9 Å². The van der Waals surface area contributed by atoms with Crippen LogP contribution in [0.15, 0.2) is 54.7 Å². The van der Waals surface area contributed by atoms with E-state index >= 15 is 0 Å². The smallest absolute Gasteiger partial charge is 0.233 e. The first-order valence-corrected chi connectivity index (χ1v) is 11.5. The molecule has 2 N–H and O–H groups in total. The van der Waals surface area contributed by atoms with Gasteiger partial charge in [0.1, 0.15) is 29.6 Å². The molecule has 0 aliphatic carbocycles. The first kappa shape index (κ1) is 26.3. The lowest BCUT2D eigenvalue weighted by Gasteiger charge is -2.16. The second-order valence-corrected chi connectivity index (χ2v) is 8.47. The predicted octanol–water partition coefficient (Wildman–Crippen LogP) is 5.91. The third kappa shape index (κ3) is 5.80. The average Bonchev–Trinajstić information content (AvgIpc) is 2.87. The minimum absolute atomic E-state index is 0.211. The monoisotopic (exact) mass is 521 g/mol. The molecule has 0 atom stereocenters. The summed E-state index contributed by atoms with van der Waals surface area (Å²) in [6, 6.07) is 11.5. The molecule has 38 heavy (non-hydrogen) atoms. The Kier molecular flexibility index (Phi) is 7.71. The molecule has 0 bridgehead atoms. The van der Waals surface area contributed by atoms with E-state index in [4.69, 9.17) is 14.2 Å². The number of fused-ring (bicyclic) bond motifs is 1. The highest BCUT2D eigenvalue weighted by atomic mass is 19.1. The summed E-state index contributed by atoms with van der Waals surface area (Å²) in [7, 11) is 3.10. The topological polar surface area (TPSA) is 98.8 Å². The van der Waals surface area contributed by atoms with E-state index in [1.165, 1.54) is 0 Å². The molecular formula is C28H25F2N3O5. The Morgan fingerprint density at radius 1 is 0.789 bits per heavy atom. The number of carbonyl (C=O) groups excluding carboxylic acids is 2. The van der Waals surface area contributed by atoms with E-state index in [0.29, 0.717) is 45.8 Å². The lowest BCUT2D eigenvalue weighted by atomic mass is 10.1. The van der Waals surface area contributed by atoms with Gasteiger partial charge in [0, 0.05) is 29.4 Å². The van der Waals surface area contributed by atoms with Crippen molar-refractivity contribution in [3.05, 3.63) is 77.5 Å². The van der Waals surface area contributed by atoms with Crippen molar-refractivity contribution in [3.63, 3.8) is 0 Å². The molecule has 1 aromatic heterocycles. The van der Waals surface area contributed by atoms with Crippen LogP contribution in [0.1, 0.15) is 17.5 Å². The van der Waals surface area contributed by atoms with E-state index in [2.05, 4.69) is 15.6 Å². The molecule has 0 spiro atoms. The summed E-state index contributed by atoms with van der Waals surface area (Å²) in [5, 5.41) is 5.68. The molecule has 0 aliphatic heterocycles. The van der Waals surface area contributed by atoms with Crippen LogP contribution in [-0.4, -0.2) is 31.0 Å². The average molecular weight is 522 g/mol. The molecular weight excluding hydrogens is 496 g/mol. The first-order valence-electron chi connectivity index (χ1n) is 11.5. The van der Waals surface area contributed by atoms with E-state index < -0.39 is 29.9 Å². The summed E-state index contributed by atoms with van der Waals surface area (Å²) in [4.78, 5) is 29.0. The van der Waals surface area contributed by atoms with Gasteiger partial charge in [-0.3, -0.25) is 14.6 Å². The Labute approximate surface area is 217 Å². The summed E-state index contributed by atoms with van der Waals surface area (Å²) >= 11 is 0. The number of anilines is 2. The van der Waals surface area contributed by atoms with Gasteiger partial charge < -0.3 is 24.8 Å². The molecule has 0 saturated heterocycles. The standard InChI is InChI=1S/C28H25F2N3O5/c1-15-10-24(38-23-7-8-31-22-13-26(37-4)25(36-3)12-18(22)23)16(2)9-21(15)33-28(35)14-27(34)32-20-6-5-17(29)11-19(20)30/h5-13H,14H2,1-4H3,(H,32,34)(H,33,35). The van der Waals surface area contributed by atoms with Gasteiger partial charge in [-0.15, -0.1) is 0 Å². The van der Waals surface area contributed by atoms with Gasteiger partial charge in [0.15, 0.2) is 11.5 Å². The van der Waals surface area contributed by atoms with Crippen molar-refractivity contribution >= 4 is 34.1 Å². The van der Waals surface area contributed by atoms with Crippen LogP contribution in [0.5, 0.6) is 23.0 Å². The van der Waals surface area contributed by atoms with Crippen molar-refractivity contribution in [2.24, 2.45) is 0 Å². The molecule has 0 saturated carbocycles. The van der Waals surface area contributed by atoms with Crippen molar-refractivity contribution in [1.82, 2.24) is 4.98 Å². The molecule has 196 valence electrons. The molecule has 0 unspecified atom stereocenters. The van der Waals surface area contributed by atoms with Gasteiger partial charge in [-0.1, -0.05) is 0 Å². The van der Waals surface area contributed by atoms with Crippen LogP contribution in [0, 0.1) is 25.5 Å². The van der Waals surface area contributed by atoms with Crippen LogP contribution in [-0.2, 0) is 9.59 Å². The molecule has 0 radical (unpaired) electrons. The van der Waals surface area contributed by atoms with E-state index in [9.17, 15) is 18.4 Å². The van der Waals surface area contributed by atoms with Crippen LogP contribution in [0.25, 0.3) is 10.9 Å². The summed E-state index contributed by atoms with van der Waals surface area (Å²) < 4.78 is 43.8. The fraction of sp³-hybridized carbons (Fsp3) is 0.179. The highest BCUT2D eigenvalue weighted by Gasteiger charge is 2.16. The lowest BCUT2D eigenvalue weighted by Crippen LogP contribution is -2.22. The normalized spacial score (nSPS) is 10.7. The van der Waals surface area contributed by atoms with Gasteiger partial charge in [0.2, 0.25) is 11.8 Å². The van der Waals surface area contributed by atoms with E-state index in [-0.39, 0.29) is 5.69 Å². The van der Waals surface area contributed by atoms with Crippen LogP contribution >= 0.6 is 0 Å². The van der Waals surface area contributed by atoms with Gasteiger partial charge in [-0.25, -0.2) is 8.78 Å². The van der Waals surface area contributed by atoms with Gasteiger partial charge in [-0.05, 0) is 61.4 Å². The van der Waals surface area contributed by atoms with Crippen molar-refractivity contribution < 1.29 is 32.6 Å². The number of nitrogens with zero attached hydrogens (tertiary/aromatic N) is 1. The van der Waals surface area contributed by atoms with E-state index in [1.807, 2.05) is 6.92 Å². The SMILES string of the molecule is COc1cc2nccc(Oc3cc(C)c(NC(=O)CC(=O)Nc4ccc(F)cc4F)cc3C)c2cc1OC. The van der Waals surface area contributed by atoms with Gasteiger partial charge in [-0.2, -0.15) is 0 Å². The van der Waals surface area contributed by atoms with E-state index in [0.717, 1.165) is 23.1 Å². The third-order valence-electron chi connectivity index (χ3n) is 5.75. The van der Waals surface area contributed by atoms with Crippen LogP contribution < -0.4 is 24.8 Å². The minimum Gasteiger partial charge on any atom is -0.493 e. The van der Waals surface area contributed by atoms with Crippen LogP contribution in [0.3, 0.4) is 0 Å². The molecule has 4 aromatic rings. The number of nitrogens with one attached hydrogen (secondary N) is 2. The Balaban J connectivity index is 1.48. The number of methoxy groups -OCH3 is 2.